The van der Waals surface area contributed by atoms with Crippen LogP contribution in [-0.4, -0.2) is 11.2 Å². The lowest BCUT2D eigenvalue weighted by Gasteiger charge is -2.28. The first kappa shape index (κ1) is 10.2. The standard InChI is InChI=1S/C13H16O2/c1-3-4-10-8-12(14)11-7-9(2)5-6-13(11)15-10/h3-7,10,12,14H,8H2,1-2H3/t10-,12-/m0/s1. The predicted molar refractivity (Wildman–Crippen MR) is 60.0 cm³/mol. The number of fused-ring (bicyclic) bond motifs is 1. The van der Waals surface area contributed by atoms with Crippen molar-refractivity contribution in [1.82, 2.24) is 0 Å². The lowest BCUT2D eigenvalue weighted by Crippen LogP contribution is -2.23. The summed E-state index contributed by atoms with van der Waals surface area (Å²) in [5, 5.41) is 9.97. The van der Waals surface area contributed by atoms with E-state index < -0.39 is 6.10 Å². The van der Waals surface area contributed by atoms with Crippen molar-refractivity contribution in [3.05, 3.63) is 41.5 Å². The molecule has 15 heavy (non-hydrogen) atoms. The molecular formula is C13H16O2. The first-order valence-corrected chi connectivity index (χ1v) is 5.29. The summed E-state index contributed by atoms with van der Waals surface area (Å²) in [5.74, 6) is 0.808. The number of hydrogen-bond donors (Lipinski definition) is 1. The smallest absolute Gasteiger partial charge is 0.126 e. The highest BCUT2D eigenvalue weighted by Crippen LogP contribution is 2.35. The van der Waals surface area contributed by atoms with Crippen LogP contribution in [0.25, 0.3) is 0 Å². The van der Waals surface area contributed by atoms with E-state index in [1.54, 1.807) is 0 Å². The zero-order valence-electron chi connectivity index (χ0n) is 9.10. The fourth-order valence-electron chi connectivity index (χ4n) is 1.93. The number of aliphatic hydroxyl groups is 1. The van der Waals surface area contributed by atoms with Crippen LogP contribution in [-0.2, 0) is 0 Å². The molecule has 0 spiro atoms. The van der Waals surface area contributed by atoms with E-state index in [1.165, 1.54) is 0 Å². The largest absolute Gasteiger partial charge is 0.486 e. The van der Waals surface area contributed by atoms with Crippen molar-refractivity contribution >= 4 is 0 Å². The van der Waals surface area contributed by atoms with E-state index in [0.717, 1.165) is 16.9 Å². The first-order chi connectivity index (χ1) is 7.20. The molecular weight excluding hydrogens is 188 g/mol. The summed E-state index contributed by atoms with van der Waals surface area (Å²) in [5.41, 5.74) is 2.07. The van der Waals surface area contributed by atoms with Crippen LogP contribution in [0.15, 0.2) is 30.4 Å². The molecule has 1 aliphatic rings. The van der Waals surface area contributed by atoms with Gasteiger partial charge in [-0.3, -0.25) is 0 Å². The zero-order valence-corrected chi connectivity index (χ0v) is 9.10. The Balaban J connectivity index is 2.32. The molecule has 80 valence electrons. The van der Waals surface area contributed by atoms with E-state index in [1.807, 2.05) is 44.2 Å². The fourth-order valence-corrected chi connectivity index (χ4v) is 1.93. The Bertz CT molecular complexity index is 382. The predicted octanol–water partition coefficient (Wildman–Crippen LogP) is 2.76. The molecule has 1 N–H and O–H groups in total. The number of benzene rings is 1. The third-order valence-corrected chi connectivity index (χ3v) is 2.67. The van der Waals surface area contributed by atoms with E-state index >= 15 is 0 Å². The Kier molecular flexibility index (Phi) is 2.78. The van der Waals surface area contributed by atoms with Crippen LogP contribution >= 0.6 is 0 Å². The van der Waals surface area contributed by atoms with Gasteiger partial charge in [-0.1, -0.05) is 17.7 Å². The Hall–Kier alpha value is -1.28. The molecule has 2 nitrogen and oxygen atoms in total. The van der Waals surface area contributed by atoms with Gasteiger partial charge in [0.1, 0.15) is 11.9 Å². The maximum atomic E-state index is 9.97. The Morgan fingerprint density at radius 1 is 1.47 bits per heavy atom. The fraction of sp³-hybridized carbons (Fsp3) is 0.385. The lowest BCUT2D eigenvalue weighted by molar-refractivity contribution is 0.0869. The summed E-state index contributed by atoms with van der Waals surface area (Å²) < 4.78 is 5.75. The third kappa shape index (κ3) is 2.05. The highest BCUT2D eigenvalue weighted by Gasteiger charge is 2.24. The van der Waals surface area contributed by atoms with E-state index in [-0.39, 0.29) is 6.10 Å². The van der Waals surface area contributed by atoms with Crippen LogP contribution in [0.1, 0.15) is 30.6 Å². The van der Waals surface area contributed by atoms with Gasteiger partial charge in [-0.05, 0) is 32.1 Å². The van der Waals surface area contributed by atoms with E-state index in [2.05, 4.69) is 0 Å². The number of ether oxygens (including phenoxy) is 1. The van der Waals surface area contributed by atoms with E-state index in [4.69, 9.17) is 4.74 Å². The SMILES string of the molecule is CC=C[C@H]1C[C@H](O)c2cc(C)ccc2O1. The molecule has 0 amide bonds. The molecule has 1 heterocycles. The van der Waals surface area contributed by atoms with E-state index in [9.17, 15) is 5.11 Å². The van der Waals surface area contributed by atoms with Crippen LogP contribution in [0, 0.1) is 6.92 Å². The van der Waals surface area contributed by atoms with Crippen molar-refractivity contribution in [2.24, 2.45) is 0 Å². The van der Waals surface area contributed by atoms with Gasteiger partial charge in [0.15, 0.2) is 0 Å². The van der Waals surface area contributed by atoms with Crippen LogP contribution in [0.2, 0.25) is 0 Å². The van der Waals surface area contributed by atoms with Crippen molar-refractivity contribution in [2.75, 3.05) is 0 Å². The van der Waals surface area contributed by atoms with Gasteiger partial charge in [0, 0.05) is 12.0 Å². The average Bonchev–Trinajstić information content (AvgIpc) is 2.20. The van der Waals surface area contributed by atoms with Gasteiger partial charge >= 0.3 is 0 Å². The molecule has 0 saturated carbocycles. The molecule has 2 rings (SSSR count). The van der Waals surface area contributed by atoms with Crippen LogP contribution in [0.5, 0.6) is 5.75 Å². The maximum absolute atomic E-state index is 9.97. The molecule has 1 aromatic carbocycles. The molecule has 2 atom stereocenters. The van der Waals surface area contributed by atoms with Crippen molar-refractivity contribution in [3.63, 3.8) is 0 Å². The second-order valence-electron chi connectivity index (χ2n) is 3.97. The van der Waals surface area contributed by atoms with Crippen LogP contribution in [0.4, 0.5) is 0 Å². The zero-order chi connectivity index (χ0) is 10.8. The minimum Gasteiger partial charge on any atom is -0.486 e. The molecule has 0 radical (unpaired) electrons. The van der Waals surface area contributed by atoms with Gasteiger partial charge in [-0.2, -0.15) is 0 Å². The van der Waals surface area contributed by atoms with Gasteiger partial charge in [0.05, 0.1) is 6.10 Å². The molecule has 2 heteroatoms. The summed E-state index contributed by atoms with van der Waals surface area (Å²) in [6.07, 6.45) is 4.17. The van der Waals surface area contributed by atoms with Gasteiger partial charge in [-0.25, -0.2) is 0 Å². The highest BCUT2D eigenvalue weighted by molar-refractivity contribution is 5.40. The van der Waals surface area contributed by atoms with Gasteiger partial charge in [-0.15, -0.1) is 0 Å². The van der Waals surface area contributed by atoms with Crippen molar-refractivity contribution in [1.29, 1.82) is 0 Å². The van der Waals surface area contributed by atoms with E-state index in [0.29, 0.717) is 6.42 Å². The molecule has 0 unspecified atom stereocenters. The minimum atomic E-state index is -0.408. The second kappa shape index (κ2) is 4.07. The quantitative estimate of drug-likeness (QED) is 0.713. The third-order valence-electron chi connectivity index (χ3n) is 2.67. The van der Waals surface area contributed by atoms with Crippen LogP contribution in [0.3, 0.4) is 0 Å². The normalized spacial score (nSPS) is 25.0. The Morgan fingerprint density at radius 3 is 3.00 bits per heavy atom. The molecule has 1 aliphatic heterocycles. The molecule has 0 bridgehead atoms. The van der Waals surface area contributed by atoms with Crippen molar-refractivity contribution < 1.29 is 9.84 Å². The number of aryl methyl sites for hydroxylation is 1. The molecule has 0 aromatic heterocycles. The lowest BCUT2D eigenvalue weighted by atomic mass is 9.97. The summed E-state index contributed by atoms with van der Waals surface area (Å²) >= 11 is 0. The number of hydrogen-bond acceptors (Lipinski definition) is 2. The first-order valence-electron chi connectivity index (χ1n) is 5.29. The molecule has 1 aromatic rings. The monoisotopic (exact) mass is 204 g/mol. The Labute approximate surface area is 90.2 Å². The number of aliphatic hydroxyl groups excluding tert-OH is 1. The average molecular weight is 204 g/mol. The summed E-state index contributed by atoms with van der Waals surface area (Å²) in [7, 11) is 0. The van der Waals surface area contributed by atoms with Crippen LogP contribution < -0.4 is 4.74 Å². The molecule has 0 saturated heterocycles. The van der Waals surface area contributed by atoms with Gasteiger partial charge < -0.3 is 9.84 Å². The highest BCUT2D eigenvalue weighted by atomic mass is 16.5. The van der Waals surface area contributed by atoms with Gasteiger partial charge in [0.25, 0.3) is 0 Å². The molecule has 0 aliphatic carbocycles. The summed E-state index contributed by atoms with van der Waals surface area (Å²) in [6.45, 7) is 3.98. The summed E-state index contributed by atoms with van der Waals surface area (Å²) in [6, 6.07) is 5.93. The summed E-state index contributed by atoms with van der Waals surface area (Å²) in [4.78, 5) is 0. The second-order valence-corrected chi connectivity index (χ2v) is 3.97. The van der Waals surface area contributed by atoms with Crippen molar-refractivity contribution in [2.45, 2.75) is 32.5 Å². The Morgan fingerprint density at radius 2 is 2.27 bits per heavy atom. The maximum Gasteiger partial charge on any atom is 0.126 e. The molecule has 0 fully saturated rings. The van der Waals surface area contributed by atoms with Gasteiger partial charge in [0.2, 0.25) is 0 Å². The number of rotatable bonds is 1. The minimum absolute atomic E-state index is 0.000191. The topological polar surface area (TPSA) is 29.5 Å². The van der Waals surface area contributed by atoms with Crippen molar-refractivity contribution in [3.8, 4) is 5.75 Å². The number of allylic oxidation sites excluding steroid dienone is 1.